The maximum atomic E-state index is 12.9. The molecule has 1 heterocycles. The number of nitrogens with two attached hydrogens (primary N) is 1. The van der Waals surface area contributed by atoms with Crippen LogP contribution in [0.2, 0.25) is 0 Å². The van der Waals surface area contributed by atoms with E-state index in [0.717, 1.165) is 27.2 Å². The number of halogens is 3. The summed E-state index contributed by atoms with van der Waals surface area (Å²) in [6.45, 7) is 0.0605. The molecule has 0 bridgehead atoms. The third kappa shape index (κ3) is 4.85. The van der Waals surface area contributed by atoms with E-state index in [4.69, 9.17) is 5.73 Å². The van der Waals surface area contributed by atoms with Gasteiger partial charge in [-0.05, 0) is 17.2 Å². The molecule has 31 heavy (non-hydrogen) atoms. The van der Waals surface area contributed by atoms with E-state index in [1.54, 1.807) is 30.3 Å². The number of hydrogen-bond acceptors (Lipinski definition) is 4. The molecule has 3 N–H and O–H groups in total. The van der Waals surface area contributed by atoms with Crippen LogP contribution in [0.5, 0.6) is 0 Å². The number of benzene rings is 2. The Morgan fingerprint density at radius 3 is 2.35 bits per heavy atom. The predicted molar refractivity (Wildman–Crippen MR) is 110 cm³/mol. The summed E-state index contributed by atoms with van der Waals surface area (Å²) in [5.41, 5.74) is 4.17. The van der Waals surface area contributed by atoms with Gasteiger partial charge in [0.2, 0.25) is 5.91 Å². The first kappa shape index (κ1) is 21.9. The minimum atomic E-state index is -4.54. The zero-order chi connectivity index (χ0) is 22.8. The van der Waals surface area contributed by atoms with Crippen LogP contribution >= 0.6 is 0 Å². The van der Waals surface area contributed by atoms with Gasteiger partial charge < -0.3 is 10.6 Å². The number of amides is 1. The maximum Gasteiger partial charge on any atom is 0.416 e. The number of aromatic nitrogens is 2. The van der Waals surface area contributed by atoms with Crippen molar-refractivity contribution in [2.75, 3.05) is 17.7 Å². The van der Waals surface area contributed by atoms with Crippen LogP contribution in [0.3, 0.4) is 0 Å². The van der Waals surface area contributed by atoms with E-state index < -0.39 is 35.3 Å². The summed E-state index contributed by atoms with van der Waals surface area (Å²) in [6.07, 6.45) is -4.93. The van der Waals surface area contributed by atoms with Gasteiger partial charge in [0.15, 0.2) is 5.69 Å². The number of carbonyl (C=O) groups is 1. The number of nitrogens with zero attached hydrogens (tertiary/aromatic N) is 2. The largest absolute Gasteiger partial charge is 0.416 e. The molecule has 1 amide bonds. The number of likely N-dealkylation sites (N-methyl/N-ethyl adjacent to an activating group) is 1. The van der Waals surface area contributed by atoms with Crippen molar-refractivity contribution in [1.29, 1.82) is 0 Å². The van der Waals surface area contributed by atoms with Gasteiger partial charge in [-0.15, -0.1) is 0 Å². The van der Waals surface area contributed by atoms with Crippen LogP contribution in [0, 0.1) is 0 Å². The van der Waals surface area contributed by atoms with Crippen molar-refractivity contribution >= 4 is 17.4 Å². The third-order valence-corrected chi connectivity index (χ3v) is 4.72. The molecule has 2 aromatic carbocycles. The fourth-order valence-corrected chi connectivity index (χ4v) is 3.10. The third-order valence-electron chi connectivity index (χ3n) is 4.72. The summed E-state index contributed by atoms with van der Waals surface area (Å²) in [4.78, 5) is 40.4. The maximum absolute atomic E-state index is 12.9. The number of carbonyl (C=O) groups excluding carboxylic acids is 1. The standard InChI is InChI=1S/C21H19F3N4O3/c1-27(16(29)11-14-8-5-9-15(10-14)21(22,23)24)17-18(25)28(20(31)26-19(17)30)12-13-6-3-2-4-7-13/h2-10H,11-12,25H2,1H3,(H,26,30,31). The smallest absolute Gasteiger partial charge is 0.383 e. The fraction of sp³-hybridized carbons (Fsp3) is 0.190. The number of rotatable bonds is 5. The van der Waals surface area contributed by atoms with E-state index in [-0.39, 0.29) is 23.6 Å². The molecule has 3 rings (SSSR count). The first-order chi connectivity index (χ1) is 14.6. The Kier molecular flexibility index (Phi) is 6.00. The number of anilines is 2. The molecule has 0 fully saturated rings. The van der Waals surface area contributed by atoms with Crippen molar-refractivity contribution in [3.8, 4) is 0 Å². The van der Waals surface area contributed by atoms with Gasteiger partial charge >= 0.3 is 11.9 Å². The number of nitrogens with one attached hydrogen (secondary N) is 1. The minimum absolute atomic E-state index is 0.0605. The second-order valence-corrected chi connectivity index (χ2v) is 6.89. The molecule has 0 unspecified atom stereocenters. The van der Waals surface area contributed by atoms with Crippen LogP contribution in [0.15, 0.2) is 64.2 Å². The monoisotopic (exact) mass is 432 g/mol. The van der Waals surface area contributed by atoms with E-state index in [0.29, 0.717) is 0 Å². The molecule has 0 aliphatic carbocycles. The topological polar surface area (TPSA) is 101 Å². The molecule has 162 valence electrons. The van der Waals surface area contributed by atoms with Gasteiger partial charge in [-0.3, -0.25) is 19.1 Å². The second-order valence-electron chi connectivity index (χ2n) is 6.89. The first-order valence-corrected chi connectivity index (χ1v) is 9.17. The number of nitrogen functional groups attached to an aromatic ring is 1. The average molecular weight is 432 g/mol. The molecule has 7 nitrogen and oxygen atoms in total. The lowest BCUT2D eigenvalue weighted by Gasteiger charge is -2.20. The molecule has 0 aliphatic rings. The number of hydrogen-bond donors (Lipinski definition) is 2. The zero-order valence-electron chi connectivity index (χ0n) is 16.4. The molecule has 1 aromatic heterocycles. The van der Waals surface area contributed by atoms with Crippen LogP contribution in [0.4, 0.5) is 24.7 Å². The van der Waals surface area contributed by atoms with E-state index in [1.807, 2.05) is 0 Å². The fourth-order valence-electron chi connectivity index (χ4n) is 3.10. The predicted octanol–water partition coefficient (Wildman–Crippen LogP) is 2.39. The summed E-state index contributed by atoms with van der Waals surface area (Å²) >= 11 is 0. The van der Waals surface area contributed by atoms with Crippen LogP contribution in [0.1, 0.15) is 16.7 Å². The molecule has 0 atom stereocenters. The highest BCUT2D eigenvalue weighted by Crippen LogP contribution is 2.29. The van der Waals surface area contributed by atoms with Crippen molar-refractivity contribution < 1.29 is 18.0 Å². The summed E-state index contributed by atoms with van der Waals surface area (Å²) in [5.74, 6) is -0.890. The molecule has 10 heteroatoms. The Morgan fingerprint density at radius 2 is 1.71 bits per heavy atom. The first-order valence-electron chi connectivity index (χ1n) is 9.17. The van der Waals surface area contributed by atoms with Crippen LogP contribution in [0.25, 0.3) is 0 Å². The molecule has 0 spiro atoms. The van der Waals surface area contributed by atoms with Crippen molar-refractivity contribution in [2.45, 2.75) is 19.1 Å². The van der Waals surface area contributed by atoms with Crippen LogP contribution < -0.4 is 21.9 Å². The van der Waals surface area contributed by atoms with Crippen molar-refractivity contribution in [2.24, 2.45) is 0 Å². The lowest BCUT2D eigenvalue weighted by Crippen LogP contribution is -2.40. The van der Waals surface area contributed by atoms with Crippen molar-refractivity contribution in [3.63, 3.8) is 0 Å². The van der Waals surface area contributed by atoms with E-state index >= 15 is 0 Å². The van der Waals surface area contributed by atoms with E-state index in [1.165, 1.54) is 19.2 Å². The summed E-state index contributed by atoms with van der Waals surface area (Å²) in [6, 6.07) is 13.2. The molecular formula is C21H19F3N4O3. The van der Waals surface area contributed by atoms with E-state index in [9.17, 15) is 27.6 Å². The highest BCUT2D eigenvalue weighted by molar-refractivity contribution is 5.96. The van der Waals surface area contributed by atoms with Gasteiger partial charge in [0.25, 0.3) is 5.56 Å². The van der Waals surface area contributed by atoms with Gasteiger partial charge in [-0.25, -0.2) is 4.79 Å². The Morgan fingerprint density at radius 1 is 1.06 bits per heavy atom. The quantitative estimate of drug-likeness (QED) is 0.647. The van der Waals surface area contributed by atoms with Gasteiger partial charge in [0.1, 0.15) is 5.82 Å². The van der Waals surface area contributed by atoms with Gasteiger partial charge in [0.05, 0.1) is 18.5 Å². The van der Waals surface area contributed by atoms with E-state index in [2.05, 4.69) is 4.98 Å². The zero-order valence-corrected chi connectivity index (χ0v) is 16.4. The Bertz CT molecular complexity index is 1220. The second kappa shape index (κ2) is 8.50. The summed E-state index contributed by atoms with van der Waals surface area (Å²) in [5, 5.41) is 0. The number of aromatic amines is 1. The average Bonchev–Trinajstić information content (AvgIpc) is 2.71. The van der Waals surface area contributed by atoms with Crippen molar-refractivity contribution in [1.82, 2.24) is 9.55 Å². The Balaban J connectivity index is 1.91. The lowest BCUT2D eigenvalue weighted by atomic mass is 10.1. The minimum Gasteiger partial charge on any atom is -0.383 e. The Labute approximate surface area is 174 Å². The Hall–Kier alpha value is -3.82. The summed E-state index contributed by atoms with van der Waals surface area (Å²) < 4.78 is 39.8. The number of H-pyrrole nitrogens is 1. The molecule has 0 aliphatic heterocycles. The number of alkyl halides is 3. The normalized spacial score (nSPS) is 11.4. The molecule has 0 saturated carbocycles. The summed E-state index contributed by atoms with van der Waals surface area (Å²) in [7, 11) is 1.27. The lowest BCUT2D eigenvalue weighted by molar-refractivity contribution is -0.137. The molecular weight excluding hydrogens is 413 g/mol. The van der Waals surface area contributed by atoms with Gasteiger partial charge in [-0.1, -0.05) is 48.5 Å². The molecule has 0 saturated heterocycles. The molecule has 0 radical (unpaired) electrons. The van der Waals surface area contributed by atoms with Crippen LogP contribution in [-0.2, 0) is 23.9 Å². The highest BCUT2D eigenvalue weighted by atomic mass is 19.4. The SMILES string of the molecule is CN(C(=O)Cc1cccc(C(F)(F)F)c1)c1c(N)n(Cc2ccccc2)c(=O)[nH]c1=O. The van der Waals surface area contributed by atoms with Crippen LogP contribution in [-0.4, -0.2) is 22.5 Å². The van der Waals surface area contributed by atoms with Gasteiger partial charge in [0, 0.05) is 7.05 Å². The van der Waals surface area contributed by atoms with Gasteiger partial charge in [-0.2, -0.15) is 13.2 Å². The van der Waals surface area contributed by atoms with Crippen molar-refractivity contribution in [3.05, 3.63) is 92.1 Å². The molecule has 3 aromatic rings. The highest BCUT2D eigenvalue weighted by Gasteiger charge is 2.30.